The van der Waals surface area contributed by atoms with Crippen molar-refractivity contribution in [2.45, 2.75) is 12.1 Å². The van der Waals surface area contributed by atoms with E-state index in [0.29, 0.717) is 11.8 Å². The molecule has 0 aromatic rings. The van der Waals surface area contributed by atoms with E-state index >= 15 is 0 Å². The van der Waals surface area contributed by atoms with Gasteiger partial charge in [-0.2, -0.15) is 0 Å². The zero-order valence-electron chi connectivity index (χ0n) is 7.96. The van der Waals surface area contributed by atoms with Crippen molar-refractivity contribution in [1.82, 2.24) is 10.6 Å². The maximum atomic E-state index is 6.14. The van der Waals surface area contributed by atoms with Crippen LogP contribution in [0.3, 0.4) is 0 Å². The third-order valence-corrected chi connectivity index (χ3v) is 2.69. The molecule has 0 amide bonds. The predicted molar refractivity (Wildman–Crippen MR) is 54.9 cm³/mol. The molecule has 0 bridgehead atoms. The van der Waals surface area contributed by atoms with Crippen molar-refractivity contribution in [2.24, 2.45) is 28.1 Å². The molecule has 2 aliphatic heterocycles. The number of hydrogen-bond acceptors (Lipinski definition) is 6. The summed E-state index contributed by atoms with van der Waals surface area (Å²) >= 11 is 0. The number of hydrogen-bond donors (Lipinski definition) is 5. The number of guanidine groups is 1. The molecule has 1 fully saturated rings. The average Bonchev–Trinajstić information content (AvgIpc) is 2.52. The van der Waals surface area contributed by atoms with Crippen molar-refractivity contribution in [1.29, 1.82) is 0 Å². The van der Waals surface area contributed by atoms with Crippen molar-refractivity contribution in [2.75, 3.05) is 13.1 Å². The van der Waals surface area contributed by atoms with Crippen LogP contribution in [-0.2, 0) is 0 Å². The lowest BCUT2D eigenvalue weighted by atomic mass is 9.92. The summed E-state index contributed by atoms with van der Waals surface area (Å²) in [4.78, 5) is 4.21. The fourth-order valence-electron chi connectivity index (χ4n) is 1.96. The summed E-state index contributed by atoms with van der Waals surface area (Å²) in [5.41, 5.74) is 16.6. The Kier molecular flexibility index (Phi) is 2.09. The van der Waals surface area contributed by atoms with E-state index in [9.17, 15) is 0 Å². The maximum absolute atomic E-state index is 6.14. The van der Waals surface area contributed by atoms with Crippen LogP contribution in [0.1, 0.15) is 6.42 Å². The summed E-state index contributed by atoms with van der Waals surface area (Å²) in [5.74, 6) is 1.04. The molecule has 1 saturated heterocycles. The highest BCUT2D eigenvalue weighted by Gasteiger charge is 2.37. The minimum absolute atomic E-state index is 0.265. The van der Waals surface area contributed by atoms with Crippen LogP contribution in [0.2, 0.25) is 0 Å². The number of nitrogens with two attached hydrogens (primary N) is 3. The molecular formula is C8H16N6. The van der Waals surface area contributed by atoms with Crippen LogP contribution < -0.4 is 27.8 Å². The SMILES string of the molecule is NC1=CC(N)([C@@H]2CCNC2)N=C(N)N1. The van der Waals surface area contributed by atoms with Crippen molar-refractivity contribution in [3.8, 4) is 0 Å². The third-order valence-electron chi connectivity index (χ3n) is 2.69. The molecule has 0 aromatic heterocycles. The van der Waals surface area contributed by atoms with Crippen molar-refractivity contribution >= 4 is 5.96 Å². The Morgan fingerprint density at radius 3 is 2.86 bits per heavy atom. The molecule has 2 heterocycles. The van der Waals surface area contributed by atoms with Crippen LogP contribution >= 0.6 is 0 Å². The van der Waals surface area contributed by atoms with Crippen molar-refractivity contribution in [3.63, 3.8) is 0 Å². The molecule has 6 heteroatoms. The number of rotatable bonds is 1. The van der Waals surface area contributed by atoms with Gasteiger partial charge in [0, 0.05) is 12.5 Å². The van der Waals surface area contributed by atoms with Gasteiger partial charge in [-0.25, -0.2) is 4.99 Å². The summed E-state index contributed by atoms with van der Waals surface area (Å²) in [6, 6.07) is 0. The van der Waals surface area contributed by atoms with Gasteiger partial charge < -0.3 is 27.8 Å². The molecule has 8 N–H and O–H groups in total. The summed E-state index contributed by atoms with van der Waals surface area (Å²) in [7, 11) is 0. The first-order valence-corrected chi connectivity index (χ1v) is 4.70. The summed E-state index contributed by atoms with van der Waals surface area (Å²) in [6.45, 7) is 1.83. The van der Waals surface area contributed by atoms with E-state index in [0.717, 1.165) is 19.5 Å². The van der Waals surface area contributed by atoms with Crippen LogP contribution in [0, 0.1) is 5.92 Å². The summed E-state index contributed by atoms with van der Waals surface area (Å²) in [6.07, 6.45) is 2.73. The van der Waals surface area contributed by atoms with Crippen molar-refractivity contribution < 1.29 is 0 Å². The lowest BCUT2D eigenvalue weighted by Gasteiger charge is -2.31. The van der Waals surface area contributed by atoms with Gasteiger partial charge in [0.1, 0.15) is 11.5 Å². The topological polar surface area (TPSA) is 114 Å². The van der Waals surface area contributed by atoms with Crippen LogP contribution in [0.25, 0.3) is 0 Å². The van der Waals surface area contributed by atoms with Crippen molar-refractivity contribution in [3.05, 3.63) is 11.9 Å². The Balaban J connectivity index is 2.24. The first-order chi connectivity index (χ1) is 6.60. The van der Waals surface area contributed by atoms with E-state index < -0.39 is 5.66 Å². The maximum Gasteiger partial charge on any atom is 0.196 e. The molecular weight excluding hydrogens is 180 g/mol. The summed E-state index contributed by atoms with van der Waals surface area (Å²) in [5, 5.41) is 5.97. The lowest BCUT2D eigenvalue weighted by Crippen LogP contribution is -2.52. The van der Waals surface area contributed by atoms with Gasteiger partial charge in [-0.1, -0.05) is 0 Å². The van der Waals surface area contributed by atoms with Gasteiger partial charge in [0.05, 0.1) is 0 Å². The molecule has 6 nitrogen and oxygen atoms in total. The molecule has 1 unspecified atom stereocenters. The van der Waals surface area contributed by atoms with Gasteiger partial charge in [-0.15, -0.1) is 0 Å². The fraction of sp³-hybridized carbons (Fsp3) is 0.625. The molecule has 2 rings (SSSR count). The van der Waals surface area contributed by atoms with Crippen LogP contribution in [0.4, 0.5) is 0 Å². The molecule has 0 spiro atoms. The molecule has 14 heavy (non-hydrogen) atoms. The Labute approximate surface area is 82.6 Å². The fourth-order valence-corrected chi connectivity index (χ4v) is 1.96. The van der Waals surface area contributed by atoms with E-state index in [1.165, 1.54) is 0 Å². The summed E-state index contributed by atoms with van der Waals surface area (Å²) < 4.78 is 0. The highest BCUT2D eigenvalue weighted by atomic mass is 15.2. The number of aliphatic imine (C=N–C) groups is 1. The second-order valence-corrected chi connectivity index (χ2v) is 3.80. The Bertz CT molecular complexity index is 270. The Hall–Kier alpha value is -1.27. The minimum atomic E-state index is -0.747. The molecule has 2 atom stereocenters. The van der Waals surface area contributed by atoms with Gasteiger partial charge >= 0.3 is 0 Å². The molecule has 0 radical (unpaired) electrons. The second kappa shape index (κ2) is 3.14. The second-order valence-electron chi connectivity index (χ2n) is 3.80. The van der Waals surface area contributed by atoms with E-state index in [4.69, 9.17) is 17.2 Å². The number of nitrogens with zero attached hydrogens (tertiary/aromatic N) is 1. The van der Waals surface area contributed by atoms with E-state index in [2.05, 4.69) is 15.6 Å². The normalized spacial score (nSPS) is 37.4. The first-order valence-electron chi connectivity index (χ1n) is 4.70. The third kappa shape index (κ3) is 1.53. The Morgan fingerprint density at radius 2 is 2.29 bits per heavy atom. The van der Waals surface area contributed by atoms with E-state index in [1.807, 2.05) is 0 Å². The monoisotopic (exact) mass is 196 g/mol. The van der Waals surface area contributed by atoms with Crippen LogP contribution in [-0.4, -0.2) is 24.7 Å². The standard InChI is InChI=1S/C8H16N6/c9-6-3-8(11,14-7(10)13-6)5-1-2-12-4-5/h3,5,12H,1-2,4,9,11H2,(H3,10,13,14)/t5-,8?/m1/s1. The highest BCUT2D eigenvalue weighted by molar-refractivity contribution is 5.81. The zero-order valence-corrected chi connectivity index (χ0v) is 7.96. The predicted octanol–water partition coefficient (Wildman–Crippen LogP) is -2.03. The average molecular weight is 196 g/mol. The molecule has 2 aliphatic rings. The highest BCUT2D eigenvalue weighted by Crippen LogP contribution is 2.25. The van der Waals surface area contributed by atoms with E-state index in [-0.39, 0.29) is 5.92 Å². The zero-order chi connectivity index (χ0) is 10.2. The van der Waals surface area contributed by atoms with Gasteiger partial charge in [-0.05, 0) is 19.0 Å². The largest absolute Gasteiger partial charge is 0.385 e. The molecule has 0 aromatic carbocycles. The van der Waals surface area contributed by atoms with Crippen LogP contribution in [0.5, 0.6) is 0 Å². The van der Waals surface area contributed by atoms with Gasteiger partial charge in [0.2, 0.25) is 0 Å². The minimum Gasteiger partial charge on any atom is -0.385 e. The van der Waals surface area contributed by atoms with Gasteiger partial charge in [-0.3, -0.25) is 0 Å². The smallest absolute Gasteiger partial charge is 0.196 e. The molecule has 78 valence electrons. The van der Waals surface area contributed by atoms with E-state index in [1.54, 1.807) is 6.08 Å². The van der Waals surface area contributed by atoms with Crippen LogP contribution in [0.15, 0.2) is 16.9 Å². The quantitative estimate of drug-likeness (QED) is 0.332. The lowest BCUT2D eigenvalue weighted by molar-refractivity contribution is 0.363. The first kappa shape index (κ1) is 9.29. The number of nitrogens with one attached hydrogen (secondary N) is 2. The molecule has 0 saturated carbocycles. The van der Waals surface area contributed by atoms with Gasteiger partial charge in [0.25, 0.3) is 0 Å². The molecule has 0 aliphatic carbocycles. The van der Waals surface area contributed by atoms with Gasteiger partial charge in [0.15, 0.2) is 5.96 Å². The Morgan fingerprint density at radius 1 is 1.50 bits per heavy atom.